The Balaban J connectivity index is 2.32. The Labute approximate surface area is 82.9 Å². The maximum absolute atomic E-state index is 13.3. The smallest absolute Gasteiger partial charge is 0.165 e. The average Bonchev–Trinajstić information content (AvgIpc) is 2.40. The molecule has 0 fully saturated rings. The molecule has 1 aromatic carbocycles. The summed E-state index contributed by atoms with van der Waals surface area (Å²) in [5.41, 5.74) is 6.56. The van der Waals surface area contributed by atoms with E-state index in [1.807, 2.05) is 6.07 Å². The van der Waals surface area contributed by atoms with Gasteiger partial charge in [0, 0.05) is 0 Å². The molecule has 0 saturated carbocycles. The molecule has 1 heterocycles. The van der Waals surface area contributed by atoms with Crippen LogP contribution in [-0.4, -0.2) is 13.2 Å². The van der Waals surface area contributed by atoms with E-state index in [9.17, 15) is 4.39 Å². The number of benzene rings is 1. The first kappa shape index (κ1) is 9.46. The first-order chi connectivity index (χ1) is 6.81. The van der Waals surface area contributed by atoms with Crippen molar-refractivity contribution in [3.63, 3.8) is 0 Å². The number of para-hydroxylation sites is 1. The molecule has 1 atom stereocenters. The Morgan fingerprint density at radius 1 is 1.50 bits per heavy atom. The normalized spacial score (nSPS) is 20.9. The molecule has 0 aliphatic carbocycles. The van der Waals surface area contributed by atoms with E-state index in [0.717, 1.165) is 18.4 Å². The molecule has 2 N–H and O–H groups in total. The summed E-state index contributed by atoms with van der Waals surface area (Å²) in [5.74, 6) is 0.571. The minimum atomic E-state index is -0.264. The predicted molar refractivity (Wildman–Crippen MR) is 52.8 cm³/mol. The summed E-state index contributed by atoms with van der Waals surface area (Å²) in [5, 5.41) is 0. The SMILES string of the molecule is NCC1CCOc2c(F)cccc2C1. The van der Waals surface area contributed by atoms with E-state index in [0.29, 0.717) is 24.8 Å². The summed E-state index contributed by atoms with van der Waals surface area (Å²) in [6.07, 6.45) is 1.73. The lowest BCUT2D eigenvalue weighted by Gasteiger charge is -2.09. The highest BCUT2D eigenvalue weighted by atomic mass is 19.1. The van der Waals surface area contributed by atoms with E-state index in [2.05, 4.69) is 0 Å². The molecule has 1 aromatic rings. The molecular weight excluding hydrogens is 181 g/mol. The highest BCUT2D eigenvalue weighted by molar-refractivity contribution is 5.35. The van der Waals surface area contributed by atoms with Crippen LogP contribution in [0.5, 0.6) is 5.75 Å². The van der Waals surface area contributed by atoms with Gasteiger partial charge < -0.3 is 10.5 Å². The molecule has 76 valence electrons. The van der Waals surface area contributed by atoms with Gasteiger partial charge in [-0.3, -0.25) is 0 Å². The Morgan fingerprint density at radius 2 is 2.36 bits per heavy atom. The fourth-order valence-electron chi connectivity index (χ4n) is 1.82. The van der Waals surface area contributed by atoms with Gasteiger partial charge in [0.2, 0.25) is 0 Å². The third-order valence-corrected chi connectivity index (χ3v) is 2.66. The van der Waals surface area contributed by atoms with Crippen LogP contribution in [0.2, 0.25) is 0 Å². The van der Waals surface area contributed by atoms with Crippen LogP contribution < -0.4 is 10.5 Å². The van der Waals surface area contributed by atoms with E-state index in [1.54, 1.807) is 6.07 Å². The molecule has 0 bridgehead atoms. The largest absolute Gasteiger partial charge is 0.490 e. The predicted octanol–water partition coefficient (Wildman–Crippen LogP) is 1.73. The van der Waals surface area contributed by atoms with Crippen molar-refractivity contribution in [1.29, 1.82) is 0 Å². The van der Waals surface area contributed by atoms with Crippen LogP contribution in [0.15, 0.2) is 18.2 Å². The number of fused-ring (bicyclic) bond motifs is 1. The van der Waals surface area contributed by atoms with Crippen molar-refractivity contribution >= 4 is 0 Å². The van der Waals surface area contributed by atoms with Gasteiger partial charge in [-0.2, -0.15) is 0 Å². The minimum Gasteiger partial charge on any atom is -0.490 e. The third-order valence-electron chi connectivity index (χ3n) is 2.66. The topological polar surface area (TPSA) is 35.2 Å². The summed E-state index contributed by atoms with van der Waals surface area (Å²) < 4.78 is 18.7. The maximum atomic E-state index is 13.3. The van der Waals surface area contributed by atoms with Crippen LogP contribution in [0, 0.1) is 11.7 Å². The molecule has 1 unspecified atom stereocenters. The second kappa shape index (κ2) is 3.96. The number of nitrogens with two attached hydrogens (primary N) is 1. The van der Waals surface area contributed by atoms with Crippen molar-refractivity contribution in [2.75, 3.05) is 13.2 Å². The van der Waals surface area contributed by atoms with E-state index in [4.69, 9.17) is 10.5 Å². The quantitative estimate of drug-likeness (QED) is 0.740. The van der Waals surface area contributed by atoms with Gasteiger partial charge in [0.05, 0.1) is 6.61 Å². The molecule has 1 aliphatic heterocycles. The van der Waals surface area contributed by atoms with Gasteiger partial charge in [0.15, 0.2) is 11.6 Å². The molecule has 0 saturated heterocycles. The van der Waals surface area contributed by atoms with Crippen LogP contribution in [-0.2, 0) is 6.42 Å². The average molecular weight is 195 g/mol. The maximum Gasteiger partial charge on any atom is 0.165 e. The zero-order valence-corrected chi connectivity index (χ0v) is 8.00. The van der Waals surface area contributed by atoms with Gasteiger partial charge in [0.1, 0.15) is 0 Å². The number of hydrogen-bond donors (Lipinski definition) is 1. The summed E-state index contributed by atoms with van der Waals surface area (Å²) >= 11 is 0. The molecule has 2 nitrogen and oxygen atoms in total. The zero-order valence-electron chi connectivity index (χ0n) is 8.00. The molecular formula is C11H14FNO. The van der Waals surface area contributed by atoms with Gasteiger partial charge in [-0.15, -0.1) is 0 Å². The monoisotopic (exact) mass is 195 g/mol. The summed E-state index contributed by atoms with van der Waals surface area (Å²) in [6.45, 7) is 1.20. The van der Waals surface area contributed by atoms with Crippen LogP contribution in [0.3, 0.4) is 0 Å². The standard InChI is InChI=1S/C11H14FNO/c12-10-3-1-2-9-6-8(7-13)4-5-14-11(9)10/h1-3,8H,4-7,13H2. The molecule has 2 rings (SSSR count). The fourth-order valence-corrected chi connectivity index (χ4v) is 1.82. The highest BCUT2D eigenvalue weighted by Crippen LogP contribution is 2.28. The van der Waals surface area contributed by atoms with Crippen molar-refractivity contribution < 1.29 is 9.13 Å². The second-order valence-electron chi connectivity index (χ2n) is 3.67. The molecule has 3 heteroatoms. The van der Waals surface area contributed by atoms with Crippen molar-refractivity contribution in [1.82, 2.24) is 0 Å². The molecule has 0 spiro atoms. The van der Waals surface area contributed by atoms with E-state index >= 15 is 0 Å². The third kappa shape index (κ3) is 1.73. The molecule has 1 aliphatic rings. The molecule has 0 amide bonds. The summed E-state index contributed by atoms with van der Waals surface area (Å²) in [7, 11) is 0. The van der Waals surface area contributed by atoms with Gasteiger partial charge in [-0.1, -0.05) is 12.1 Å². The molecule has 0 radical (unpaired) electrons. The minimum absolute atomic E-state index is 0.264. The van der Waals surface area contributed by atoms with Gasteiger partial charge in [-0.05, 0) is 36.9 Å². The Morgan fingerprint density at radius 3 is 3.14 bits per heavy atom. The molecule has 0 aromatic heterocycles. The number of hydrogen-bond acceptors (Lipinski definition) is 2. The molecule has 14 heavy (non-hydrogen) atoms. The fraction of sp³-hybridized carbons (Fsp3) is 0.455. The van der Waals surface area contributed by atoms with Crippen LogP contribution >= 0.6 is 0 Å². The van der Waals surface area contributed by atoms with Crippen LogP contribution in [0.25, 0.3) is 0 Å². The lowest BCUT2D eigenvalue weighted by Crippen LogP contribution is -2.17. The Hall–Kier alpha value is -1.09. The Kier molecular flexibility index (Phi) is 2.68. The highest BCUT2D eigenvalue weighted by Gasteiger charge is 2.18. The Bertz CT molecular complexity index is 327. The zero-order chi connectivity index (χ0) is 9.97. The number of rotatable bonds is 1. The van der Waals surface area contributed by atoms with Gasteiger partial charge in [-0.25, -0.2) is 4.39 Å². The van der Waals surface area contributed by atoms with Crippen LogP contribution in [0.1, 0.15) is 12.0 Å². The van der Waals surface area contributed by atoms with Crippen LogP contribution in [0.4, 0.5) is 4.39 Å². The lowest BCUT2D eigenvalue weighted by atomic mass is 9.97. The van der Waals surface area contributed by atoms with Crippen molar-refractivity contribution in [3.8, 4) is 5.75 Å². The first-order valence-corrected chi connectivity index (χ1v) is 4.91. The number of halogens is 1. The summed E-state index contributed by atoms with van der Waals surface area (Å²) in [4.78, 5) is 0. The lowest BCUT2D eigenvalue weighted by molar-refractivity contribution is 0.284. The van der Waals surface area contributed by atoms with Gasteiger partial charge in [0.25, 0.3) is 0 Å². The van der Waals surface area contributed by atoms with E-state index in [1.165, 1.54) is 6.07 Å². The summed E-state index contributed by atoms with van der Waals surface area (Å²) in [6, 6.07) is 5.06. The van der Waals surface area contributed by atoms with Crippen molar-refractivity contribution in [2.24, 2.45) is 11.7 Å². The van der Waals surface area contributed by atoms with Gasteiger partial charge >= 0.3 is 0 Å². The van der Waals surface area contributed by atoms with E-state index < -0.39 is 0 Å². The van der Waals surface area contributed by atoms with E-state index in [-0.39, 0.29) is 5.82 Å². The number of ether oxygens (including phenoxy) is 1. The second-order valence-corrected chi connectivity index (χ2v) is 3.67. The van der Waals surface area contributed by atoms with Crippen molar-refractivity contribution in [2.45, 2.75) is 12.8 Å². The first-order valence-electron chi connectivity index (χ1n) is 4.91. The van der Waals surface area contributed by atoms with Crippen molar-refractivity contribution in [3.05, 3.63) is 29.6 Å².